The van der Waals surface area contributed by atoms with Gasteiger partial charge in [0.25, 0.3) is 0 Å². The minimum Gasteiger partial charge on any atom is -0.462 e. The average Bonchev–Trinajstić information content (AvgIpc) is 2.87. The van der Waals surface area contributed by atoms with Gasteiger partial charge in [-0.05, 0) is 19.1 Å². The summed E-state index contributed by atoms with van der Waals surface area (Å²) in [6.07, 6.45) is 2.69. The smallest absolute Gasteiger partial charge is 0.341 e. The van der Waals surface area contributed by atoms with E-state index in [1.165, 1.54) is 23.1 Å². The lowest BCUT2D eigenvalue weighted by Gasteiger charge is -2.06. The van der Waals surface area contributed by atoms with Gasteiger partial charge in [0.05, 0.1) is 24.1 Å². The number of aromatic nitrogens is 2. The van der Waals surface area contributed by atoms with E-state index in [1.807, 2.05) is 0 Å². The van der Waals surface area contributed by atoms with Crippen molar-refractivity contribution in [2.75, 3.05) is 6.61 Å². The number of benzene rings is 1. The van der Waals surface area contributed by atoms with E-state index in [-0.39, 0.29) is 22.8 Å². The molecule has 2 rings (SSSR count). The fraction of sp³-hybridized carbons (Fsp3) is 0.167. The van der Waals surface area contributed by atoms with Crippen LogP contribution < -0.4 is 5.14 Å². The van der Waals surface area contributed by atoms with Gasteiger partial charge < -0.3 is 4.74 Å². The highest BCUT2D eigenvalue weighted by molar-refractivity contribution is 7.89. The number of primary sulfonamides is 1. The maximum absolute atomic E-state index is 11.6. The largest absolute Gasteiger partial charge is 0.462 e. The van der Waals surface area contributed by atoms with Gasteiger partial charge in [0, 0.05) is 6.20 Å². The quantitative estimate of drug-likeness (QED) is 0.836. The first-order valence-electron chi connectivity index (χ1n) is 5.77. The van der Waals surface area contributed by atoms with Crippen molar-refractivity contribution in [2.45, 2.75) is 11.8 Å². The molecule has 1 heterocycles. The average molecular weight is 295 g/mol. The Morgan fingerprint density at radius 1 is 1.40 bits per heavy atom. The molecule has 0 radical (unpaired) electrons. The molecule has 0 unspecified atom stereocenters. The van der Waals surface area contributed by atoms with E-state index < -0.39 is 16.0 Å². The zero-order chi connectivity index (χ0) is 14.8. The van der Waals surface area contributed by atoms with Crippen molar-refractivity contribution in [3.05, 3.63) is 42.2 Å². The van der Waals surface area contributed by atoms with Crippen molar-refractivity contribution in [1.29, 1.82) is 0 Å². The molecule has 0 atom stereocenters. The van der Waals surface area contributed by atoms with Crippen molar-refractivity contribution in [3.63, 3.8) is 0 Å². The molecule has 0 saturated heterocycles. The highest BCUT2D eigenvalue weighted by atomic mass is 32.2. The Morgan fingerprint density at radius 3 is 2.75 bits per heavy atom. The zero-order valence-corrected chi connectivity index (χ0v) is 11.5. The fourth-order valence-electron chi connectivity index (χ4n) is 1.66. The standard InChI is InChI=1S/C12H13N3O4S/c1-2-19-12(16)9-7-14-15(8-9)10-5-3-4-6-11(10)20(13,17)18/h3-8H,2H2,1H3,(H2,13,17,18). The molecule has 8 heteroatoms. The van der Waals surface area contributed by atoms with Crippen molar-refractivity contribution >= 4 is 16.0 Å². The monoisotopic (exact) mass is 295 g/mol. The number of sulfonamides is 1. The third-order valence-corrected chi connectivity index (χ3v) is 3.47. The Kier molecular flexibility index (Phi) is 3.86. The number of nitrogens with two attached hydrogens (primary N) is 1. The number of rotatable bonds is 4. The van der Waals surface area contributed by atoms with Crippen LogP contribution in [0.2, 0.25) is 0 Å². The minimum absolute atomic E-state index is 0.0708. The number of ether oxygens (including phenoxy) is 1. The molecular formula is C12H13N3O4S. The molecule has 1 aromatic carbocycles. The first kappa shape index (κ1) is 14.2. The molecule has 2 N–H and O–H groups in total. The van der Waals surface area contributed by atoms with Gasteiger partial charge in [-0.25, -0.2) is 23.0 Å². The van der Waals surface area contributed by atoms with Gasteiger partial charge in [0.2, 0.25) is 10.0 Å². The molecule has 7 nitrogen and oxygen atoms in total. The first-order chi connectivity index (χ1) is 9.43. The number of carbonyl (C=O) groups is 1. The summed E-state index contributed by atoms with van der Waals surface area (Å²) >= 11 is 0. The molecule has 2 aromatic rings. The topological polar surface area (TPSA) is 104 Å². The molecule has 0 aliphatic heterocycles. The van der Waals surface area contributed by atoms with Crippen LogP contribution in [-0.4, -0.2) is 30.8 Å². The van der Waals surface area contributed by atoms with Crippen LogP contribution in [0.4, 0.5) is 0 Å². The van der Waals surface area contributed by atoms with Gasteiger partial charge in [-0.3, -0.25) is 0 Å². The highest BCUT2D eigenvalue weighted by Crippen LogP contribution is 2.18. The summed E-state index contributed by atoms with van der Waals surface area (Å²) in [5.74, 6) is -0.521. The zero-order valence-electron chi connectivity index (χ0n) is 10.7. The first-order valence-corrected chi connectivity index (χ1v) is 7.32. The third-order valence-electron chi connectivity index (χ3n) is 2.51. The number of hydrogen-bond acceptors (Lipinski definition) is 5. The second kappa shape index (κ2) is 5.43. The van der Waals surface area contributed by atoms with Crippen molar-refractivity contribution in [3.8, 4) is 5.69 Å². The van der Waals surface area contributed by atoms with E-state index in [1.54, 1.807) is 25.1 Å². The number of para-hydroxylation sites is 1. The van der Waals surface area contributed by atoms with Crippen molar-refractivity contribution < 1.29 is 17.9 Å². The normalized spacial score (nSPS) is 11.3. The van der Waals surface area contributed by atoms with E-state index in [2.05, 4.69) is 5.10 Å². The Bertz CT molecular complexity index is 737. The summed E-state index contributed by atoms with van der Waals surface area (Å²) in [5, 5.41) is 9.11. The Labute approximate surface area is 116 Å². The van der Waals surface area contributed by atoms with Crippen LogP contribution in [0.25, 0.3) is 5.69 Å². The Morgan fingerprint density at radius 2 is 2.10 bits per heavy atom. The van der Waals surface area contributed by atoms with Crippen LogP contribution in [0.15, 0.2) is 41.6 Å². The van der Waals surface area contributed by atoms with Crippen molar-refractivity contribution in [2.24, 2.45) is 5.14 Å². The Hall–Kier alpha value is -2.19. The summed E-state index contributed by atoms with van der Waals surface area (Å²) in [4.78, 5) is 11.5. The van der Waals surface area contributed by atoms with Crippen LogP contribution in [0.1, 0.15) is 17.3 Å². The van der Waals surface area contributed by atoms with Crippen LogP contribution in [0, 0.1) is 0 Å². The lowest BCUT2D eigenvalue weighted by Crippen LogP contribution is -2.15. The maximum atomic E-state index is 11.6. The minimum atomic E-state index is -3.88. The summed E-state index contributed by atoms with van der Waals surface area (Å²) in [6, 6.07) is 6.12. The van der Waals surface area contributed by atoms with E-state index >= 15 is 0 Å². The van der Waals surface area contributed by atoms with Crippen LogP contribution >= 0.6 is 0 Å². The fourth-order valence-corrected chi connectivity index (χ4v) is 2.38. The summed E-state index contributed by atoms with van der Waals surface area (Å²) in [6.45, 7) is 1.94. The van der Waals surface area contributed by atoms with Crippen LogP contribution in [0.5, 0.6) is 0 Å². The highest BCUT2D eigenvalue weighted by Gasteiger charge is 2.17. The van der Waals surface area contributed by atoms with Crippen molar-refractivity contribution in [1.82, 2.24) is 9.78 Å². The third kappa shape index (κ3) is 2.86. The van der Waals surface area contributed by atoms with Gasteiger partial charge in [-0.1, -0.05) is 12.1 Å². The maximum Gasteiger partial charge on any atom is 0.341 e. The lowest BCUT2D eigenvalue weighted by molar-refractivity contribution is 0.0526. The second-order valence-corrected chi connectivity index (χ2v) is 5.44. The van der Waals surface area contributed by atoms with Crippen LogP contribution in [0.3, 0.4) is 0 Å². The Balaban J connectivity index is 2.46. The van der Waals surface area contributed by atoms with E-state index in [9.17, 15) is 13.2 Å². The van der Waals surface area contributed by atoms with E-state index in [0.29, 0.717) is 0 Å². The summed E-state index contributed by atoms with van der Waals surface area (Å²) in [5.41, 5.74) is 0.502. The molecule has 0 amide bonds. The van der Waals surface area contributed by atoms with Gasteiger partial charge in [-0.2, -0.15) is 5.10 Å². The molecule has 1 aromatic heterocycles. The van der Waals surface area contributed by atoms with Gasteiger partial charge >= 0.3 is 5.97 Å². The summed E-state index contributed by atoms with van der Waals surface area (Å²) < 4.78 is 29.1. The van der Waals surface area contributed by atoms with Gasteiger partial charge in [0.1, 0.15) is 4.90 Å². The lowest BCUT2D eigenvalue weighted by atomic mass is 10.3. The van der Waals surface area contributed by atoms with Crippen LogP contribution in [-0.2, 0) is 14.8 Å². The number of hydrogen-bond donors (Lipinski definition) is 1. The summed E-state index contributed by atoms with van der Waals surface area (Å²) in [7, 11) is -3.88. The SMILES string of the molecule is CCOC(=O)c1cnn(-c2ccccc2S(N)(=O)=O)c1. The van der Waals surface area contributed by atoms with E-state index in [4.69, 9.17) is 9.88 Å². The molecule has 0 saturated carbocycles. The van der Waals surface area contributed by atoms with Gasteiger partial charge in [-0.15, -0.1) is 0 Å². The number of esters is 1. The molecular weight excluding hydrogens is 282 g/mol. The molecule has 0 fully saturated rings. The predicted octanol–water partition coefficient (Wildman–Crippen LogP) is 0.696. The molecule has 0 aliphatic carbocycles. The molecule has 106 valence electrons. The van der Waals surface area contributed by atoms with Gasteiger partial charge in [0.15, 0.2) is 0 Å². The molecule has 20 heavy (non-hydrogen) atoms. The molecule has 0 aliphatic rings. The number of nitrogens with zero attached hydrogens (tertiary/aromatic N) is 2. The molecule has 0 bridgehead atoms. The predicted molar refractivity (Wildman–Crippen MR) is 70.9 cm³/mol. The second-order valence-electron chi connectivity index (χ2n) is 3.91. The number of carbonyl (C=O) groups excluding carboxylic acids is 1. The van der Waals surface area contributed by atoms with E-state index in [0.717, 1.165) is 0 Å². The molecule has 0 spiro atoms.